The van der Waals surface area contributed by atoms with Crippen LogP contribution in [0.4, 0.5) is 8.78 Å². The number of hydrogen-bond acceptors (Lipinski definition) is 2. The third-order valence-electron chi connectivity index (χ3n) is 2.70. The second-order valence-corrected chi connectivity index (χ2v) is 4.75. The fraction of sp³-hybridized carbons (Fsp3) is 0.200. The zero-order chi connectivity index (χ0) is 14.5. The van der Waals surface area contributed by atoms with Gasteiger partial charge >= 0.3 is 0 Å². The van der Waals surface area contributed by atoms with Crippen LogP contribution in [0.2, 0.25) is 0 Å². The van der Waals surface area contributed by atoms with E-state index in [-0.39, 0.29) is 6.61 Å². The molecule has 0 spiro atoms. The van der Waals surface area contributed by atoms with Crippen molar-refractivity contribution in [3.63, 3.8) is 0 Å². The van der Waals surface area contributed by atoms with E-state index in [9.17, 15) is 8.78 Å². The molecule has 2 aromatic carbocycles. The van der Waals surface area contributed by atoms with Gasteiger partial charge in [0.2, 0.25) is 0 Å². The molecule has 0 fully saturated rings. The second kappa shape index (κ2) is 6.70. The summed E-state index contributed by atoms with van der Waals surface area (Å²) in [6.45, 7) is 0.0682. The van der Waals surface area contributed by atoms with Gasteiger partial charge in [-0.2, -0.15) is 0 Å². The van der Waals surface area contributed by atoms with E-state index in [0.717, 1.165) is 11.6 Å². The minimum absolute atomic E-state index is 0.0682. The fourth-order valence-corrected chi connectivity index (χ4v) is 2.12. The molecule has 0 N–H and O–H groups in total. The molecule has 0 aliphatic rings. The third-order valence-corrected chi connectivity index (χ3v) is 3.35. The van der Waals surface area contributed by atoms with E-state index >= 15 is 0 Å². The van der Waals surface area contributed by atoms with Gasteiger partial charge in [0.15, 0.2) is 11.5 Å². The van der Waals surface area contributed by atoms with Crippen molar-refractivity contribution in [3.8, 4) is 11.5 Å². The van der Waals surface area contributed by atoms with Gasteiger partial charge in [0, 0.05) is 11.4 Å². The standard InChI is InChI=1S/C15H13BrF2O2/c1-19-15-6-10(8-16)2-3-14(15)20-9-11-4-12(17)7-13(18)5-11/h2-7H,8-9H2,1H3. The van der Waals surface area contributed by atoms with Crippen LogP contribution in [0.1, 0.15) is 11.1 Å². The lowest BCUT2D eigenvalue weighted by atomic mass is 10.2. The summed E-state index contributed by atoms with van der Waals surface area (Å²) in [5, 5.41) is 0.707. The smallest absolute Gasteiger partial charge is 0.161 e. The minimum Gasteiger partial charge on any atom is -0.493 e. The Morgan fingerprint density at radius 3 is 2.25 bits per heavy atom. The zero-order valence-electron chi connectivity index (χ0n) is 10.8. The molecule has 0 unspecified atom stereocenters. The van der Waals surface area contributed by atoms with Crippen molar-refractivity contribution in [3.05, 3.63) is 59.2 Å². The third kappa shape index (κ3) is 3.70. The van der Waals surface area contributed by atoms with Crippen LogP contribution in [-0.4, -0.2) is 7.11 Å². The average Bonchev–Trinajstić information content (AvgIpc) is 2.44. The van der Waals surface area contributed by atoms with E-state index in [1.54, 1.807) is 13.2 Å². The highest BCUT2D eigenvalue weighted by molar-refractivity contribution is 9.08. The Morgan fingerprint density at radius 1 is 0.950 bits per heavy atom. The Morgan fingerprint density at radius 2 is 1.65 bits per heavy atom. The lowest BCUT2D eigenvalue weighted by molar-refractivity contribution is 0.283. The van der Waals surface area contributed by atoms with E-state index in [1.807, 2.05) is 12.1 Å². The van der Waals surface area contributed by atoms with Gasteiger partial charge in [0.05, 0.1) is 7.11 Å². The highest BCUT2D eigenvalue weighted by Gasteiger charge is 2.07. The van der Waals surface area contributed by atoms with Gasteiger partial charge in [0.25, 0.3) is 0 Å². The largest absolute Gasteiger partial charge is 0.493 e. The van der Waals surface area contributed by atoms with Crippen molar-refractivity contribution in [1.29, 1.82) is 0 Å². The summed E-state index contributed by atoms with van der Waals surface area (Å²) in [6, 6.07) is 8.81. The van der Waals surface area contributed by atoms with Gasteiger partial charge in [-0.3, -0.25) is 0 Å². The first-order valence-corrected chi connectivity index (χ1v) is 7.05. The van der Waals surface area contributed by atoms with Crippen LogP contribution in [0.5, 0.6) is 11.5 Å². The van der Waals surface area contributed by atoms with E-state index in [1.165, 1.54) is 12.1 Å². The number of hydrogen-bond donors (Lipinski definition) is 0. The second-order valence-electron chi connectivity index (χ2n) is 4.19. The van der Waals surface area contributed by atoms with Gasteiger partial charge in [0.1, 0.15) is 18.2 Å². The monoisotopic (exact) mass is 342 g/mol. The maximum Gasteiger partial charge on any atom is 0.161 e. The van der Waals surface area contributed by atoms with Crippen LogP contribution in [0.3, 0.4) is 0 Å². The topological polar surface area (TPSA) is 18.5 Å². The zero-order valence-corrected chi connectivity index (χ0v) is 12.4. The summed E-state index contributed by atoms with van der Waals surface area (Å²) >= 11 is 3.36. The summed E-state index contributed by atoms with van der Waals surface area (Å²) < 4.78 is 36.9. The van der Waals surface area contributed by atoms with Crippen molar-refractivity contribution in [2.24, 2.45) is 0 Å². The summed E-state index contributed by atoms with van der Waals surface area (Å²) in [5.41, 5.74) is 1.47. The lowest BCUT2D eigenvalue weighted by Crippen LogP contribution is -1.99. The molecule has 0 atom stereocenters. The van der Waals surface area contributed by atoms with Gasteiger partial charge < -0.3 is 9.47 Å². The molecule has 0 saturated heterocycles. The van der Waals surface area contributed by atoms with Crippen LogP contribution in [0.15, 0.2) is 36.4 Å². The molecule has 5 heteroatoms. The molecule has 0 saturated carbocycles. The molecule has 0 aliphatic carbocycles. The van der Waals surface area contributed by atoms with Crippen LogP contribution in [0.25, 0.3) is 0 Å². The average molecular weight is 343 g/mol. The fourth-order valence-electron chi connectivity index (χ4n) is 1.77. The van der Waals surface area contributed by atoms with Gasteiger partial charge in [-0.25, -0.2) is 8.78 Å². The maximum atomic E-state index is 13.1. The Balaban J connectivity index is 2.14. The Hall–Kier alpha value is -1.62. The van der Waals surface area contributed by atoms with E-state index in [0.29, 0.717) is 22.4 Å². The van der Waals surface area contributed by atoms with Gasteiger partial charge in [-0.05, 0) is 35.4 Å². The molecule has 0 aliphatic heterocycles. The quantitative estimate of drug-likeness (QED) is 0.747. The van der Waals surface area contributed by atoms with Gasteiger partial charge in [-0.1, -0.05) is 22.0 Å². The van der Waals surface area contributed by atoms with Crippen molar-refractivity contribution >= 4 is 15.9 Å². The molecular weight excluding hydrogens is 330 g/mol. The molecule has 20 heavy (non-hydrogen) atoms. The lowest BCUT2D eigenvalue weighted by Gasteiger charge is -2.12. The minimum atomic E-state index is -0.620. The number of ether oxygens (including phenoxy) is 2. The molecule has 106 valence electrons. The molecule has 0 bridgehead atoms. The Kier molecular flexibility index (Phi) is 4.95. The first-order valence-electron chi connectivity index (χ1n) is 5.93. The van der Waals surface area contributed by atoms with E-state index in [2.05, 4.69) is 15.9 Å². The van der Waals surface area contributed by atoms with Crippen molar-refractivity contribution in [1.82, 2.24) is 0 Å². The molecule has 2 aromatic rings. The number of rotatable bonds is 5. The molecule has 2 nitrogen and oxygen atoms in total. The van der Waals surface area contributed by atoms with Crippen molar-refractivity contribution in [2.45, 2.75) is 11.9 Å². The molecule has 0 amide bonds. The number of alkyl halides is 1. The van der Waals surface area contributed by atoms with Crippen LogP contribution in [-0.2, 0) is 11.9 Å². The predicted octanol–water partition coefficient (Wildman–Crippen LogP) is 4.45. The van der Waals surface area contributed by atoms with E-state index in [4.69, 9.17) is 9.47 Å². The Labute approximate surface area is 124 Å². The summed E-state index contributed by atoms with van der Waals surface area (Å²) in [5.74, 6) is -0.129. The SMILES string of the molecule is COc1cc(CBr)ccc1OCc1cc(F)cc(F)c1. The number of methoxy groups -OCH3 is 1. The van der Waals surface area contributed by atoms with Crippen LogP contribution < -0.4 is 9.47 Å². The van der Waals surface area contributed by atoms with E-state index < -0.39 is 11.6 Å². The molecule has 2 rings (SSSR count). The van der Waals surface area contributed by atoms with Gasteiger partial charge in [-0.15, -0.1) is 0 Å². The number of benzene rings is 2. The first kappa shape index (κ1) is 14.8. The van der Waals surface area contributed by atoms with Crippen LogP contribution >= 0.6 is 15.9 Å². The van der Waals surface area contributed by atoms with Crippen molar-refractivity contribution in [2.75, 3.05) is 7.11 Å². The summed E-state index contributed by atoms with van der Waals surface area (Å²) in [7, 11) is 1.54. The Bertz CT molecular complexity index is 582. The maximum absolute atomic E-state index is 13.1. The van der Waals surface area contributed by atoms with Crippen LogP contribution in [0, 0.1) is 11.6 Å². The molecular formula is C15H13BrF2O2. The van der Waals surface area contributed by atoms with Crippen molar-refractivity contribution < 1.29 is 18.3 Å². The highest BCUT2D eigenvalue weighted by atomic mass is 79.9. The highest BCUT2D eigenvalue weighted by Crippen LogP contribution is 2.29. The predicted molar refractivity (Wildman–Crippen MR) is 76.3 cm³/mol. The molecule has 0 aromatic heterocycles. The molecule has 0 radical (unpaired) electrons. The summed E-state index contributed by atoms with van der Waals surface area (Å²) in [4.78, 5) is 0. The number of halogens is 3. The normalized spacial score (nSPS) is 10.4. The molecule has 0 heterocycles. The first-order chi connectivity index (χ1) is 9.62. The summed E-state index contributed by atoms with van der Waals surface area (Å²) in [6.07, 6.45) is 0.